The summed E-state index contributed by atoms with van der Waals surface area (Å²) in [5.74, 6) is 1.73. The molecule has 0 spiro atoms. The van der Waals surface area contributed by atoms with E-state index in [1.165, 1.54) is 12.8 Å². The number of para-hydroxylation sites is 1. The third-order valence-electron chi connectivity index (χ3n) is 5.52. The average Bonchev–Trinajstić information content (AvgIpc) is 3.60. The monoisotopic (exact) mass is 405 g/mol. The Hall–Kier alpha value is -2.43. The minimum Gasteiger partial charge on any atom is -0.488 e. The lowest BCUT2D eigenvalue weighted by atomic mass is 10.1. The van der Waals surface area contributed by atoms with Gasteiger partial charge in [-0.1, -0.05) is 42.5 Å². The number of hydrogen-bond acceptors (Lipinski definition) is 4. The number of pyridine rings is 1. The van der Waals surface area contributed by atoms with E-state index in [0.717, 1.165) is 72.1 Å². The summed E-state index contributed by atoms with van der Waals surface area (Å²) in [5.41, 5.74) is 4.09. The van der Waals surface area contributed by atoms with Crippen LogP contribution >= 0.6 is 0 Å². The van der Waals surface area contributed by atoms with Crippen molar-refractivity contribution in [3.63, 3.8) is 0 Å². The van der Waals surface area contributed by atoms with Crippen LogP contribution in [0.1, 0.15) is 42.5 Å². The molecule has 4 rings (SSSR count). The lowest BCUT2D eigenvalue weighted by Gasteiger charge is -2.16. The Bertz CT molecular complexity index is 938. The topological polar surface area (TPSA) is 40.6 Å². The van der Waals surface area contributed by atoms with Crippen LogP contribution < -0.4 is 4.74 Å². The predicted octanol–water partition coefficient (Wildman–Crippen LogP) is 5.85. The van der Waals surface area contributed by atoms with Gasteiger partial charge in [0.05, 0.1) is 17.8 Å². The fourth-order valence-electron chi connectivity index (χ4n) is 3.49. The summed E-state index contributed by atoms with van der Waals surface area (Å²) in [6, 6.07) is 18.4. The van der Waals surface area contributed by atoms with Gasteiger partial charge < -0.3 is 14.2 Å². The minimum atomic E-state index is 0.501. The highest BCUT2D eigenvalue weighted by atomic mass is 16.5. The summed E-state index contributed by atoms with van der Waals surface area (Å²) < 4.78 is 17.9. The zero-order valence-corrected chi connectivity index (χ0v) is 17.8. The Balaban J connectivity index is 1.34. The second kappa shape index (κ2) is 10.6. The van der Waals surface area contributed by atoms with Gasteiger partial charge in [0.15, 0.2) is 0 Å². The average molecular weight is 406 g/mol. The lowest BCUT2D eigenvalue weighted by Crippen LogP contribution is -2.05. The van der Waals surface area contributed by atoms with Crippen molar-refractivity contribution in [2.24, 2.45) is 5.92 Å². The highest BCUT2D eigenvalue weighted by Gasteiger charge is 2.20. The quantitative estimate of drug-likeness (QED) is 0.355. The summed E-state index contributed by atoms with van der Waals surface area (Å²) in [6.07, 6.45) is 4.74. The van der Waals surface area contributed by atoms with Crippen molar-refractivity contribution in [2.75, 3.05) is 19.8 Å². The third kappa shape index (κ3) is 5.80. The molecule has 0 saturated heterocycles. The van der Waals surface area contributed by atoms with Gasteiger partial charge >= 0.3 is 0 Å². The normalized spacial score (nSPS) is 13.6. The number of rotatable bonds is 12. The van der Waals surface area contributed by atoms with Crippen LogP contribution in [0.15, 0.2) is 54.6 Å². The van der Waals surface area contributed by atoms with Crippen LogP contribution in [0.25, 0.3) is 10.9 Å². The van der Waals surface area contributed by atoms with E-state index in [1.54, 1.807) is 0 Å². The standard InChI is InChI=1S/C26H31NO3/c1-20-25(19-29-16-8-7-15-28-17-22-13-14-22)27-24-12-6-5-11-23(24)26(20)30-18-21-9-3-2-4-10-21/h2-6,9-12,22H,7-8,13-19H2,1H3. The molecule has 1 heterocycles. The second-order valence-electron chi connectivity index (χ2n) is 8.08. The first-order valence-corrected chi connectivity index (χ1v) is 11.0. The molecular formula is C26H31NO3. The smallest absolute Gasteiger partial charge is 0.134 e. The summed E-state index contributed by atoms with van der Waals surface area (Å²) in [5, 5.41) is 1.04. The molecule has 0 N–H and O–H groups in total. The van der Waals surface area contributed by atoms with E-state index in [4.69, 9.17) is 19.2 Å². The molecule has 0 atom stereocenters. The molecule has 158 valence electrons. The number of ether oxygens (including phenoxy) is 3. The summed E-state index contributed by atoms with van der Waals surface area (Å²) >= 11 is 0. The molecule has 0 aliphatic heterocycles. The van der Waals surface area contributed by atoms with Crippen molar-refractivity contribution in [3.8, 4) is 5.75 Å². The largest absolute Gasteiger partial charge is 0.488 e. The van der Waals surface area contributed by atoms with Crippen LogP contribution in [0.3, 0.4) is 0 Å². The van der Waals surface area contributed by atoms with Gasteiger partial charge in [-0.25, -0.2) is 4.98 Å². The Kier molecular flexibility index (Phi) is 7.33. The maximum Gasteiger partial charge on any atom is 0.134 e. The molecule has 3 aromatic rings. The van der Waals surface area contributed by atoms with Crippen molar-refractivity contribution in [2.45, 2.75) is 45.8 Å². The first-order valence-electron chi connectivity index (χ1n) is 11.0. The molecule has 1 aromatic heterocycles. The molecular weight excluding hydrogens is 374 g/mol. The zero-order valence-electron chi connectivity index (χ0n) is 17.8. The van der Waals surface area contributed by atoms with Gasteiger partial charge in [-0.05, 0) is 56.2 Å². The molecule has 1 saturated carbocycles. The molecule has 1 aliphatic rings. The molecule has 0 bridgehead atoms. The molecule has 1 aliphatic carbocycles. The van der Waals surface area contributed by atoms with Crippen LogP contribution in [0.5, 0.6) is 5.75 Å². The number of unbranched alkanes of at least 4 members (excludes halogenated alkanes) is 1. The van der Waals surface area contributed by atoms with E-state index >= 15 is 0 Å². The van der Waals surface area contributed by atoms with E-state index in [-0.39, 0.29) is 0 Å². The number of fused-ring (bicyclic) bond motifs is 1. The highest BCUT2D eigenvalue weighted by Crippen LogP contribution is 2.31. The molecule has 0 amide bonds. The van der Waals surface area contributed by atoms with Gasteiger partial charge in [-0.2, -0.15) is 0 Å². The van der Waals surface area contributed by atoms with Gasteiger partial charge in [0.25, 0.3) is 0 Å². The van der Waals surface area contributed by atoms with Gasteiger partial charge in [-0.3, -0.25) is 0 Å². The molecule has 2 aromatic carbocycles. The summed E-state index contributed by atoms with van der Waals surface area (Å²) in [4.78, 5) is 4.83. The van der Waals surface area contributed by atoms with E-state index in [1.807, 2.05) is 36.4 Å². The van der Waals surface area contributed by atoms with Gasteiger partial charge in [-0.15, -0.1) is 0 Å². The van der Waals surface area contributed by atoms with Gasteiger partial charge in [0, 0.05) is 30.8 Å². The molecule has 4 heteroatoms. The Morgan fingerprint density at radius 3 is 2.40 bits per heavy atom. The molecule has 30 heavy (non-hydrogen) atoms. The molecule has 1 fully saturated rings. The fraction of sp³-hybridized carbons (Fsp3) is 0.423. The lowest BCUT2D eigenvalue weighted by molar-refractivity contribution is 0.0905. The minimum absolute atomic E-state index is 0.501. The molecule has 0 unspecified atom stereocenters. The van der Waals surface area contributed by atoms with Gasteiger partial charge in [0.2, 0.25) is 0 Å². The van der Waals surface area contributed by atoms with Crippen LogP contribution in [0, 0.1) is 12.8 Å². The van der Waals surface area contributed by atoms with Crippen LogP contribution in [0.4, 0.5) is 0 Å². The number of aromatic nitrogens is 1. The Morgan fingerprint density at radius 1 is 0.867 bits per heavy atom. The number of benzene rings is 2. The van der Waals surface area contributed by atoms with Crippen LogP contribution in [0.2, 0.25) is 0 Å². The maximum atomic E-state index is 6.26. The van der Waals surface area contributed by atoms with E-state index in [9.17, 15) is 0 Å². The zero-order chi connectivity index (χ0) is 20.6. The fourth-order valence-corrected chi connectivity index (χ4v) is 3.49. The second-order valence-corrected chi connectivity index (χ2v) is 8.08. The van der Waals surface area contributed by atoms with E-state index in [0.29, 0.717) is 13.2 Å². The highest BCUT2D eigenvalue weighted by molar-refractivity contribution is 5.86. The summed E-state index contributed by atoms with van der Waals surface area (Å²) in [7, 11) is 0. The number of nitrogens with zero attached hydrogens (tertiary/aromatic N) is 1. The van der Waals surface area contributed by atoms with Crippen molar-refractivity contribution in [3.05, 3.63) is 71.4 Å². The maximum absolute atomic E-state index is 6.26. The van der Waals surface area contributed by atoms with Crippen LogP contribution in [-0.4, -0.2) is 24.8 Å². The SMILES string of the molecule is Cc1c(COCCCCOCC2CC2)nc2ccccc2c1OCc1ccccc1. The predicted molar refractivity (Wildman–Crippen MR) is 120 cm³/mol. The Morgan fingerprint density at radius 2 is 1.60 bits per heavy atom. The first-order chi connectivity index (χ1) is 14.8. The third-order valence-corrected chi connectivity index (χ3v) is 5.52. The van der Waals surface area contributed by atoms with Crippen molar-refractivity contribution in [1.29, 1.82) is 0 Å². The van der Waals surface area contributed by atoms with Crippen LogP contribution in [-0.2, 0) is 22.7 Å². The number of hydrogen-bond donors (Lipinski definition) is 0. The van der Waals surface area contributed by atoms with Crippen molar-refractivity contribution in [1.82, 2.24) is 4.98 Å². The molecule has 0 radical (unpaired) electrons. The first kappa shape index (κ1) is 20.8. The van der Waals surface area contributed by atoms with E-state index < -0.39 is 0 Å². The Labute approximate surface area is 179 Å². The van der Waals surface area contributed by atoms with E-state index in [2.05, 4.69) is 25.1 Å². The van der Waals surface area contributed by atoms with Gasteiger partial charge in [0.1, 0.15) is 12.4 Å². The summed E-state index contributed by atoms with van der Waals surface area (Å²) in [6.45, 7) is 5.61. The van der Waals surface area contributed by atoms with Crippen molar-refractivity contribution < 1.29 is 14.2 Å². The molecule has 4 nitrogen and oxygen atoms in total. The van der Waals surface area contributed by atoms with Crippen molar-refractivity contribution >= 4 is 10.9 Å².